The maximum Gasteiger partial charge on any atom is 0.408 e. The summed E-state index contributed by atoms with van der Waals surface area (Å²) >= 11 is 0. The van der Waals surface area contributed by atoms with Gasteiger partial charge >= 0.3 is 6.09 Å². The van der Waals surface area contributed by atoms with Crippen molar-refractivity contribution < 1.29 is 19.1 Å². The molecule has 1 aromatic rings. The summed E-state index contributed by atoms with van der Waals surface area (Å²) in [5.41, 5.74) is 0.453. The van der Waals surface area contributed by atoms with Crippen LogP contribution in [-0.2, 0) is 20.9 Å². The molecule has 1 heterocycles. The van der Waals surface area contributed by atoms with Gasteiger partial charge < -0.3 is 19.9 Å². The van der Waals surface area contributed by atoms with Crippen LogP contribution in [0.1, 0.15) is 46.6 Å². The molecule has 1 fully saturated rings. The molecule has 0 spiro atoms. The standard InChI is InChI=1S/C23H35N3O4/c1-6-17(2)19(24-22(29)30-16-18-10-8-7-9-11-18)20(27)25-12-14-26(15-13-25)21(28)23(3,4)5/h7-11,17,19H,6,12-16H2,1-5H3,(H,24,29)/t17-,19-/m0/s1. The minimum atomic E-state index is -0.650. The zero-order valence-electron chi connectivity index (χ0n) is 18.8. The summed E-state index contributed by atoms with van der Waals surface area (Å²) in [6, 6.07) is 8.77. The number of nitrogens with zero attached hydrogens (tertiary/aromatic N) is 2. The number of hydrogen-bond donors (Lipinski definition) is 1. The first-order valence-electron chi connectivity index (χ1n) is 10.7. The molecule has 3 amide bonds. The Labute approximate surface area is 179 Å². The number of rotatable bonds is 6. The molecule has 0 aromatic heterocycles. The zero-order chi connectivity index (χ0) is 22.3. The molecule has 30 heavy (non-hydrogen) atoms. The van der Waals surface area contributed by atoms with Crippen LogP contribution in [0.25, 0.3) is 0 Å². The van der Waals surface area contributed by atoms with Gasteiger partial charge in [-0.05, 0) is 11.5 Å². The number of nitrogens with one attached hydrogen (secondary N) is 1. The highest BCUT2D eigenvalue weighted by Gasteiger charge is 2.35. The van der Waals surface area contributed by atoms with Gasteiger partial charge in [-0.2, -0.15) is 0 Å². The lowest BCUT2D eigenvalue weighted by molar-refractivity contribution is -0.146. The minimum Gasteiger partial charge on any atom is -0.445 e. The fourth-order valence-corrected chi connectivity index (χ4v) is 3.38. The molecule has 7 nitrogen and oxygen atoms in total. The fraction of sp³-hybridized carbons (Fsp3) is 0.609. The average molecular weight is 418 g/mol. The summed E-state index contributed by atoms with van der Waals surface area (Å²) < 4.78 is 5.30. The second-order valence-corrected chi connectivity index (χ2v) is 8.94. The highest BCUT2D eigenvalue weighted by atomic mass is 16.5. The summed E-state index contributed by atoms with van der Waals surface area (Å²) in [6.07, 6.45) is 0.150. The summed E-state index contributed by atoms with van der Waals surface area (Å²) in [5.74, 6) is -0.0597. The van der Waals surface area contributed by atoms with Crippen molar-refractivity contribution >= 4 is 17.9 Å². The number of carbonyl (C=O) groups excluding carboxylic acids is 3. The molecule has 1 aromatic carbocycles. The van der Waals surface area contributed by atoms with E-state index in [-0.39, 0.29) is 24.3 Å². The molecule has 1 aliphatic rings. The van der Waals surface area contributed by atoms with Crippen molar-refractivity contribution in [3.63, 3.8) is 0 Å². The van der Waals surface area contributed by atoms with E-state index in [9.17, 15) is 14.4 Å². The van der Waals surface area contributed by atoms with Gasteiger partial charge in [0.1, 0.15) is 12.6 Å². The van der Waals surface area contributed by atoms with Gasteiger partial charge in [0.2, 0.25) is 11.8 Å². The van der Waals surface area contributed by atoms with Crippen molar-refractivity contribution in [2.24, 2.45) is 11.3 Å². The third kappa shape index (κ3) is 6.47. The molecular weight excluding hydrogens is 382 g/mol. The fourth-order valence-electron chi connectivity index (χ4n) is 3.38. The Kier molecular flexibility index (Phi) is 8.26. The number of hydrogen-bond acceptors (Lipinski definition) is 4. The summed E-state index contributed by atoms with van der Waals surface area (Å²) in [4.78, 5) is 41.5. The third-order valence-corrected chi connectivity index (χ3v) is 5.49. The Morgan fingerprint density at radius 3 is 2.13 bits per heavy atom. The molecule has 7 heteroatoms. The van der Waals surface area contributed by atoms with Crippen LogP contribution in [0.3, 0.4) is 0 Å². The van der Waals surface area contributed by atoms with Gasteiger partial charge in [0.05, 0.1) is 0 Å². The lowest BCUT2D eigenvalue weighted by atomic mass is 9.94. The van der Waals surface area contributed by atoms with Crippen LogP contribution in [0.4, 0.5) is 4.79 Å². The first-order valence-corrected chi connectivity index (χ1v) is 10.7. The molecule has 1 aliphatic heterocycles. The minimum absolute atomic E-state index is 0.0315. The van der Waals surface area contributed by atoms with Gasteiger partial charge in [0.15, 0.2) is 0 Å². The SMILES string of the molecule is CC[C@H](C)[C@H](NC(=O)OCc1ccccc1)C(=O)N1CCN(C(=O)C(C)(C)C)CC1. The maximum atomic E-state index is 13.1. The molecular formula is C23H35N3O4. The smallest absolute Gasteiger partial charge is 0.408 e. The van der Waals surface area contributed by atoms with Crippen LogP contribution in [-0.4, -0.2) is 59.9 Å². The normalized spacial score (nSPS) is 16.6. The maximum absolute atomic E-state index is 13.1. The van der Waals surface area contributed by atoms with E-state index in [0.29, 0.717) is 26.2 Å². The quantitative estimate of drug-likeness (QED) is 0.772. The van der Waals surface area contributed by atoms with Crippen LogP contribution >= 0.6 is 0 Å². The van der Waals surface area contributed by atoms with E-state index < -0.39 is 17.6 Å². The van der Waals surface area contributed by atoms with E-state index in [2.05, 4.69) is 5.32 Å². The number of ether oxygens (including phenoxy) is 1. The lowest BCUT2D eigenvalue weighted by Gasteiger charge is -2.39. The number of amides is 3. The molecule has 0 bridgehead atoms. The number of benzene rings is 1. The molecule has 1 saturated heterocycles. The Morgan fingerprint density at radius 1 is 1.03 bits per heavy atom. The molecule has 1 N–H and O–H groups in total. The highest BCUT2D eigenvalue weighted by Crippen LogP contribution is 2.19. The Bertz CT molecular complexity index is 722. The molecule has 0 aliphatic carbocycles. The summed E-state index contributed by atoms with van der Waals surface area (Å²) in [6.45, 7) is 11.7. The average Bonchev–Trinajstić information content (AvgIpc) is 2.74. The lowest BCUT2D eigenvalue weighted by Crippen LogP contribution is -2.58. The van der Waals surface area contributed by atoms with Crippen molar-refractivity contribution in [1.82, 2.24) is 15.1 Å². The second-order valence-electron chi connectivity index (χ2n) is 8.94. The first-order chi connectivity index (χ1) is 14.1. The Hall–Kier alpha value is -2.57. The van der Waals surface area contributed by atoms with Gasteiger partial charge in [-0.3, -0.25) is 9.59 Å². The van der Waals surface area contributed by atoms with E-state index in [0.717, 1.165) is 12.0 Å². The van der Waals surface area contributed by atoms with E-state index in [1.807, 2.05) is 69.9 Å². The zero-order valence-corrected chi connectivity index (χ0v) is 18.8. The van der Waals surface area contributed by atoms with Gasteiger partial charge in [-0.1, -0.05) is 71.4 Å². The van der Waals surface area contributed by atoms with Crippen molar-refractivity contribution in [2.75, 3.05) is 26.2 Å². The first kappa shape index (κ1) is 23.7. The van der Waals surface area contributed by atoms with E-state index in [1.165, 1.54) is 0 Å². The van der Waals surface area contributed by atoms with Crippen LogP contribution in [0.2, 0.25) is 0 Å². The monoisotopic (exact) mass is 417 g/mol. The van der Waals surface area contributed by atoms with Crippen molar-refractivity contribution in [3.05, 3.63) is 35.9 Å². The number of alkyl carbamates (subject to hydrolysis) is 1. The summed E-state index contributed by atoms with van der Waals surface area (Å²) in [5, 5.41) is 2.76. The number of piperazine rings is 1. The van der Waals surface area contributed by atoms with E-state index >= 15 is 0 Å². The van der Waals surface area contributed by atoms with Crippen LogP contribution in [0.15, 0.2) is 30.3 Å². The predicted octanol–water partition coefficient (Wildman–Crippen LogP) is 3.04. The van der Waals surface area contributed by atoms with Crippen LogP contribution in [0.5, 0.6) is 0 Å². The Morgan fingerprint density at radius 2 is 1.60 bits per heavy atom. The van der Waals surface area contributed by atoms with Gasteiger partial charge in [-0.25, -0.2) is 4.79 Å². The predicted molar refractivity (Wildman–Crippen MR) is 116 cm³/mol. The van der Waals surface area contributed by atoms with Crippen molar-refractivity contribution in [3.8, 4) is 0 Å². The third-order valence-electron chi connectivity index (χ3n) is 5.49. The van der Waals surface area contributed by atoms with Gasteiger partial charge in [0.25, 0.3) is 0 Å². The van der Waals surface area contributed by atoms with Crippen LogP contribution < -0.4 is 5.32 Å². The largest absolute Gasteiger partial charge is 0.445 e. The molecule has 0 unspecified atom stereocenters. The molecule has 0 radical (unpaired) electrons. The number of carbonyl (C=O) groups is 3. The molecule has 166 valence electrons. The topological polar surface area (TPSA) is 79.0 Å². The van der Waals surface area contributed by atoms with E-state index in [1.54, 1.807) is 4.90 Å². The summed E-state index contributed by atoms with van der Waals surface area (Å²) in [7, 11) is 0. The van der Waals surface area contributed by atoms with Gasteiger partial charge in [0, 0.05) is 31.6 Å². The van der Waals surface area contributed by atoms with Crippen molar-refractivity contribution in [1.29, 1.82) is 0 Å². The molecule has 2 atom stereocenters. The molecule has 2 rings (SSSR count). The van der Waals surface area contributed by atoms with Crippen molar-refractivity contribution in [2.45, 2.75) is 53.7 Å². The van der Waals surface area contributed by atoms with E-state index in [4.69, 9.17) is 4.74 Å². The highest BCUT2D eigenvalue weighted by molar-refractivity contribution is 5.86. The molecule has 0 saturated carbocycles. The van der Waals surface area contributed by atoms with Gasteiger partial charge in [-0.15, -0.1) is 0 Å². The Balaban J connectivity index is 1.94. The second kappa shape index (κ2) is 10.5. The van der Waals surface area contributed by atoms with Crippen LogP contribution in [0, 0.1) is 11.3 Å².